The van der Waals surface area contributed by atoms with Gasteiger partial charge in [0.1, 0.15) is 12.2 Å². The van der Waals surface area contributed by atoms with E-state index in [2.05, 4.69) is 5.10 Å². The third-order valence-electron chi connectivity index (χ3n) is 6.35. The normalized spacial score (nSPS) is 11.5. The summed E-state index contributed by atoms with van der Waals surface area (Å²) in [6.45, 7) is 2.71. The number of hydrogen-bond acceptors (Lipinski definition) is 6. The molecule has 2 aromatic heterocycles. The molecule has 9 heteroatoms. The Labute approximate surface area is 245 Å². The van der Waals surface area contributed by atoms with Crippen LogP contribution in [0.2, 0.25) is 10.0 Å². The smallest absolute Gasteiger partial charge is 0.282 e. The molecular formula is C32H23Cl2N3O4. The molecule has 7 nitrogen and oxygen atoms in total. The average molecular weight is 584 g/mol. The van der Waals surface area contributed by atoms with Gasteiger partial charge >= 0.3 is 0 Å². The molecule has 204 valence electrons. The van der Waals surface area contributed by atoms with E-state index in [0.29, 0.717) is 62.6 Å². The van der Waals surface area contributed by atoms with Crippen LogP contribution in [0.3, 0.4) is 0 Å². The van der Waals surface area contributed by atoms with Crippen LogP contribution in [-0.2, 0) is 6.61 Å². The van der Waals surface area contributed by atoms with Gasteiger partial charge in [0.15, 0.2) is 17.3 Å². The van der Waals surface area contributed by atoms with Gasteiger partial charge in [-0.25, -0.2) is 4.98 Å². The molecule has 0 aliphatic rings. The van der Waals surface area contributed by atoms with Gasteiger partial charge in [-0.05, 0) is 84.8 Å². The number of aromatic nitrogens is 2. The molecule has 0 saturated heterocycles. The van der Waals surface area contributed by atoms with Crippen molar-refractivity contribution in [1.29, 1.82) is 0 Å². The van der Waals surface area contributed by atoms with E-state index in [-0.39, 0.29) is 11.4 Å². The van der Waals surface area contributed by atoms with Crippen molar-refractivity contribution < 1.29 is 13.9 Å². The summed E-state index contributed by atoms with van der Waals surface area (Å²) in [6.07, 6.45) is 1.58. The highest BCUT2D eigenvalue weighted by molar-refractivity contribution is 6.31. The second-order valence-corrected chi connectivity index (χ2v) is 10.0. The maximum Gasteiger partial charge on any atom is 0.282 e. The van der Waals surface area contributed by atoms with Crippen molar-refractivity contribution in [2.75, 3.05) is 6.61 Å². The van der Waals surface area contributed by atoms with Crippen molar-refractivity contribution in [3.63, 3.8) is 0 Å². The fourth-order valence-electron chi connectivity index (χ4n) is 4.37. The topological polar surface area (TPSA) is 78.9 Å². The molecule has 0 saturated carbocycles. The monoisotopic (exact) mass is 583 g/mol. The maximum atomic E-state index is 13.6. The molecule has 0 radical (unpaired) electrons. The molecule has 0 bridgehead atoms. The number of rotatable bonds is 8. The lowest BCUT2D eigenvalue weighted by molar-refractivity contribution is 0.269. The zero-order valence-electron chi connectivity index (χ0n) is 21.9. The lowest BCUT2D eigenvalue weighted by Crippen LogP contribution is -2.20. The van der Waals surface area contributed by atoms with E-state index in [4.69, 9.17) is 42.1 Å². The van der Waals surface area contributed by atoms with Gasteiger partial charge in [-0.3, -0.25) is 4.79 Å². The minimum absolute atomic E-state index is 0.269. The summed E-state index contributed by atoms with van der Waals surface area (Å²) >= 11 is 12.2. The van der Waals surface area contributed by atoms with Crippen LogP contribution in [0.5, 0.6) is 11.5 Å². The van der Waals surface area contributed by atoms with Gasteiger partial charge in [0.05, 0.1) is 23.7 Å². The number of nitrogens with zero attached hydrogens (tertiary/aromatic N) is 3. The molecule has 0 atom stereocenters. The number of fused-ring (bicyclic) bond motifs is 2. The highest BCUT2D eigenvalue weighted by Gasteiger charge is 2.17. The van der Waals surface area contributed by atoms with Crippen molar-refractivity contribution >= 4 is 51.3 Å². The van der Waals surface area contributed by atoms with Gasteiger partial charge in [-0.1, -0.05) is 47.5 Å². The van der Waals surface area contributed by atoms with Crippen LogP contribution in [0.1, 0.15) is 18.1 Å². The third kappa shape index (κ3) is 5.68. The first-order valence-corrected chi connectivity index (χ1v) is 13.6. The van der Waals surface area contributed by atoms with Gasteiger partial charge in [-0.2, -0.15) is 9.78 Å². The van der Waals surface area contributed by atoms with Gasteiger partial charge in [0.25, 0.3) is 5.56 Å². The first kappa shape index (κ1) is 26.6. The fourth-order valence-corrected chi connectivity index (χ4v) is 4.68. The Morgan fingerprint density at radius 3 is 2.54 bits per heavy atom. The molecule has 0 amide bonds. The van der Waals surface area contributed by atoms with E-state index in [1.165, 1.54) is 4.68 Å². The van der Waals surface area contributed by atoms with Gasteiger partial charge in [0, 0.05) is 15.4 Å². The number of para-hydroxylation sites is 1. The van der Waals surface area contributed by atoms with Crippen molar-refractivity contribution in [2.24, 2.45) is 5.10 Å². The lowest BCUT2D eigenvalue weighted by atomic mass is 10.2. The molecule has 0 unspecified atom stereocenters. The SMILES string of the molecule is CCOc1cc(C=Nn2c(-c3cc4cc(Cl)ccc4o3)nc3ccccc3c2=O)ccc1OCc1ccc(Cl)cc1. The maximum absolute atomic E-state index is 13.6. The largest absolute Gasteiger partial charge is 0.490 e. The summed E-state index contributed by atoms with van der Waals surface area (Å²) in [6, 6.07) is 27.2. The van der Waals surface area contributed by atoms with Crippen molar-refractivity contribution in [3.05, 3.63) is 123 Å². The predicted octanol–water partition coefficient (Wildman–Crippen LogP) is 7.98. The minimum atomic E-state index is -0.326. The van der Waals surface area contributed by atoms with Gasteiger partial charge in [0.2, 0.25) is 5.82 Å². The van der Waals surface area contributed by atoms with Gasteiger partial charge in [-0.15, -0.1) is 0 Å². The number of benzene rings is 4. The Morgan fingerprint density at radius 2 is 1.71 bits per heavy atom. The van der Waals surface area contributed by atoms with Crippen LogP contribution in [0.15, 0.2) is 105 Å². The lowest BCUT2D eigenvalue weighted by Gasteiger charge is -2.13. The highest BCUT2D eigenvalue weighted by atomic mass is 35.5. The fraction of sp³-hybridized carbons (Fsp3) is 0.0938. The van der Waals surface area contributed by atoms with Crippen LogP contribution in [0.4, 0.5) is 0 Å². The number of hydrogen-bond donors (Lipinski definition) is 0. The molecule has 4 aromatic carbocycles. The van der Waals surface area contributed by atoms with Crippen LogP contribution in [0.25, 0.3) is 33.5 Å². The average Bonchev–Trinajstić information content (AvgIpc) is 3.40. The van der Waals surface area contributed by atoms with Gasteiger partial charge < -0.3 is 13.9 Å². The van der Waals surface area contributed by atoms with Crippen LogP contribution in [-0.4, -0.2) is 22.5 Å². The van der Waals surface area contributed by atoms with Crippen molar-refractivity contribution in [2.45, 2.75) is 13.5 Å². The molecule has 0 N–H and O–H groups in total. The van der Waals surface area contributed by atoms with Crippen LogP contribution in [0, 0.1) is 0 Å². The molecule has 0 aliphatic carbocycles. The van der Waals surface area contributed by atoms with E-state index in [1.54, 1.807) is 48.7 Å². The molecule has 6 aromatic rings. The Balaban J connectivity index is 1.37. The summed E-state index contributed by atoms with van der Waals surface area (Å²) in [7, 11) is 0. The van der Waals surface area contributed by atoms with E-state index < -0.39 is 0 Å². The second-order valence-electron chi connectivity index (χ2n) is 9.16. The molecular weight excluding hydrogens is 561 g/mol. The number of ether oxygens (including phenoxy) is 2. The Kier molecular flexibility index (Phi) is 7.46. The van der Waals surface area contributed by atoms with Crippen molar-refractivity contribution in [1.82, 2.24) is 9.66 Å². The van der Waals surface area contributed by atoms with E-state index in [1.807, 2.05) is 55.5 Å². The molecule has 0 aliphatic heterocycles. The molecule has 6 rings (SSSR count). The molecule has 0 spiro atoms. The molecule has 41 heavy (non-hydrogen) atoms. The van der Waals surface area contributed by atoms with E-state index in [9.17, 15) is 4.79 Å². The standard InChI is InChI=1S/C32H23Cl2N3O4/c1-2-39-29-15-21(9-13-28(29)40-19-20-7-10-23(33)11-8-20)18-35-37-31(36-26-6-4-3-5-25(26)32(37)38)30-17-22-16-24(34)12-14-27(22)41-30/h3-18H,2,19H2,1H3. The summed E-state index contributed by atoms with van der Waals surface area (Å²) in [5.41, 5.74) is 2.52. The first-order chi connectivity index (χ1) is 20.0. The number of halogens is 2. The van der Waals surface area contributed by atoms with E-state index >= 15 is 0 Å². The molecule has 0 fully saturated rings. The van der Waals surface area contributed by atoms with Crippen LogP contribution < -0.4 is 15.0 Å². The zero-order chi connectivity index (χ0) is 28.3. The minimum Gasteiger partial charge on any atom is -0.490 e. The second kappa shape index (κ2) is 11.5. The summed E-state index contributed by atoms with van der Waals surface area (Å²) in [4.78, 5) is 18.3. The summed E-state index contributed by atoms with van der Waals surface area (Å²) in [5, 5.41) is 7.02. The van der Waals surface area contributed by atoms with Crippen LogP contribution >= 0.6 is 23.2 Å². The molecule has 2 heterocycles. The summed E-state index contributed by atoms with van der Waals surface area (Å²) < 4.78 is 19.1. The summed E-state index contributed by atoms with van der Waals surface area (Å²) in [5.74, 6) is 1.81. The predicted molar refractivity (Wildman–Crippen MR) is 163 cm³/mol. The Bertz CT molecular complexity index is 1960. The highest BCUT2D eigenvalue weighted by Crippen LogP contribution is 2.31. The Morgan fingerprint density at radius 1 is 0.902 bits per heavy atom. The Hall–Kier alpha value is -4.59. The third-order valence-corrected chi connectivity index (χ3v) is 6.84. The number of furan rings is 1. The quantitative estimate of drug-likeness (QED) is 0.170. The first-order valence-electron chi connectivity index (χ1n) is 12.9. The zero-order valence-corrected chi connectivity index (χ0v) is 23.4. The van der Waals surface area contributed by atoms with Crippen molar-refractivity contribution in [3.8, 4) is 23.1 Å². The van der Waals surface area contributed by atoms with E-state index in [0.717, 1.165) is 10.9 Å².